The molecule has 1 aromatic heterocycles. The van der Waals surface area contributed by atoms with Gasteiger partial charge in [-0.3, -0.25) is 14.4 Å². The summed E-state index contributed by atoms with van der Waals surface area (Å²) in [5.74, 6) is -3.65. The number of para-hydroxylation sites is 1. The zero-order chi connectivity index (χ0) is 26.2. The highest BCUT2D eigenvalue weighted by Gasteiger charge is 2.42. The van der Waals surface area contributed by atoms with E-state index in [0.29, 0.717) is 5.56 Å². The Kier molecular flexibility index (Phi) is 7.31. The van der Waals surface area contributed by atoms with E-state index in [2.05, 4.69) is 15.9 Å². The number of carbonyl (C=O) groups is 3. The number of rotatable bonds is 7. The number of amides is 1. The number of aromatic nitrogens is 1. The summed E-state index contributed by atoms with van der Waals surface area (Å²) in [5, 5.41) is 0.0288. The maximum atomic E-state index is 14.3. The molecule has 2 heterocycles. The summed E-state index contributed by atoms with van der Waals surface area (Å²) in [6, 6.07) is 9.42. The molecule has 36 heavy (non-hydrogen) atoms. The van der Waals surface area contributed by atoms with Gasteiger partial charge >= 0.3 is 6.18 Å². The summed E-state index contributed by atoms with van der Waals surface area (Å²) in [6.07, 6.45) is -5.87. The van der Waals surface area contributed by atoms with Crippen LogP contribution in [0.5, 0.6) is 0 Å². The van der Waals surface area contributed by atoms with Gasteiger partial charge in [-0.1, -0.05) is 30.3 Å². The van der Waals surface area contributed by atoms with Crippen LogP contribution in [-0.4, -0.2) is 51.9 Å². The molecule has 11 heteroatoms. The van der Waals surface area contributed by atoms with Gasteiger partial charge in [0, 0.05) is 29.9 Å². The van der Waals surface area contributed by atoms with E-state index in [4.69, 9.17) is 0 Å². The van der Waals surface area contributed by atoms with Crippen LogP contribution in [0.1, 0.15) is 28.8 Å². The molecule has 5 nitrogen and oxygen atoms in total. The summed E-state index contributed by atoms with van der Waals surface area (Å²) in [5.41, 5.74) is -0.0760. The molecule has 0 N–H and O–H groups in total. The predicted octanol–water partition coefficient (Wildman–Crippen LogP) is 5.43. The standard InChI is InChI=1S/C25H20BrF5N2O3/c26-18-6-3-4-14(23(18)28)8-9-21(34)20-10-15(27)11-33(20)22(35)13-32-12-17(24(36)25(29,30)31)16-5-1-2-7-19(16)32/h1-7,12,15,20H,8-11,13H2/t15-,20+/m1/s1. The van der Waals surface area contributed by atoms with E-state index in [1.807, 2.05) is 0 Å². The monoisotopic (exact) mass is 570 g/mol. The summed E-state index contributed by atoms with van der Waals surface area (Å²) in [4.78, 5) is 38.9. The molecule has 0 unspecified atom stereocenters. The average molecular weight is 571 g/mol. The van der Waals surface area contributed by atoms with Crippen LogP contribution in [0.2, 0.25) is 0 Å². The van der Waals surface area contributed by atoms with E-state index in [0.717, 1.165) is 11.1 Å². The maximum Gasteiger partial charge on any atom is 0.454 e. The van der Waals surface area contributed by atoms with Crippen molar-refractivity contribution in [1.82, 2.24) is 9.47 Å². The Morgan fingerprint density at radius 3 is 2.50 bits per heavy atom. The largest absolute Gasteiger partial charge is 0.454 e. The van der Waals surface area contributed by atoms with Crippen LogP contribution in [-0.2, 0) is 22.6 Å². The van der Waals surface area contributed by atoms with E-state index in [1.54, 1.807) is 12.1 Å². The quantitative estimate of drug-likeness (QED) is 0.281. The number of fused-ring (bicyclic) bond motifs is 1. The van der Waals surface area contributed by atoms with E-state index in [-0.39, 0.29) is 41.2 Å². The Labute approximate surface area is 211 Å². The molecule has 0 spiro atoms. The summed E-state index contributed by atoms with van der Waals surface area (Å²) in [6.45, 7) is -0.823. The molecule has 2 atom stereocenters. The number of halogens is 6. The second-order valence-corrected chi connectivity index (χ2v) is 9.44. The number of carbonyl (C=O) groups excluding carboxylic acids is 3. The van der Waals surface area contributed by atoms with Crippen molar-refractivity contribution >= 4 is 44.3 Å². The zero-order valence-corrected chi connectivity index (χ0v) is 20.3. The first kappa shape index (κ1) is 26.0. The van der Waals surface area contributed by atoms with Gasteiger partial charge < -0.3 is 9.47 Å². The fraction of sp³-hybridized carbons (Fsp3) is 0.320. The molecule has 1 aliphatic rings. The Hall–Kier alpha value is -3.08. The number of hydrogen-bond donors (Lipinski definition) is 0. The first-order chi connectivity index (χ1) is 17.0. The maximum absolute atomic E-state index is 14.3. The average Bonchev–Trinajstić information content (AvgIpc) is 3.39. The van der Waals surface area contributed by atoms with Crippen LogP contribution in [0.4, 0.5) is 22.0 Å². The minimum absolute atomic E-state index is 0.0288. The highest BCUT2D eigenvalue weighted by Crippen LogP contribution is 2.30. The molecule has 0 aliphatic carbocycles. The van der Waals surface area contributed by atoms with Crippen molar-refractivity contribution in [1.29, 1.82) is 0 Å². The van der Waals surface area contributed by atoms with Gasteiger partial charge in [0.05, 0.1) is 22.6 Å². The highest BCUT2D eigenvalue weighted by atomic mass is 79.9. The van der Waals surface area contributed by atoms with Crippen molar-refractivity contribution in [2.45, 2.75) is 44.2 Å². The molecule has 3 aromatic rings. The number of aryl methyl sites for hydroxylation is 1. The van der Waals surface area contributed by atoms with E-state index >= 15 is 0 Å². The zero-order valence-electron chi connectivity index (χ0n) is 18.7. The van der Waals surface area contributed by atoms with Gasteiger partial charge in [-0.05, 0) is 40.0 Å². The van der Waals surface area contributed by atoms with Gasteiger partial charge in [0.1, 0.15) is 18.5 Å². The molecule has 4 rings (SSSR count). The van der Waals surface area contributed by atoms with E-state index in [1.165, 1.54) is 34.9 Å². The fourth-order valence-corrected chi connectivity index (χ4v) is 4.89. The number of alkyl halides is 4. The third kappa shape index (κ3) is 5.21. The lowest BCUT2D eigenvalue weighted by atomic mass is 10.0. The number of Topliss-reactive ketones (excluding diaryl/α,β-unsaturated/α-hetero) is 2. The van der Waals surface area contributed by atoms with Crippen LogP contribution < -0.4 is 0 Å². The second kappa shape index (κ2) is 10.1. The number of hydrogen-bond acceptors (Lipinski definition) is 3. The van der Waals surface area contributed by atoms with Crippen LogP contribution in [0, 0.1) is 5.82 Å². The Bertz CT molecular complexity index is 1340. The molecule has 190 valence electrons. The van der Waals surface area contributed by atoms with Crippen LogP contribution >= 0.6 is 15.9 Å². The number of nitrogens with zero attached hydrogens (tertiary/aromatic N) is 2. The lowest BCUT2D eigenvalue weighted by Crippen LogP contribution is -2.42. The number of benzene rings is 2. The van der Waals surface area contributed by atoms with Crippen molar-refractivity contribution in [2.24, 2.45) is 0 Å². The molecular weight excluding hydrogens is 551 g/mol. The Morgan fingerprint density at radius 2 is 1.78 bits per heavy atom. The molecule has 0 radical (unpaired) electrons. The third-order valence-electron chi connectivity index (χ3n) is 6.21. The highest BCUT2D eigenvalue weighted by molar-refractivity contribution is 9.10. The summed E-state index contributed by atoms with van der Waals surface area (Å²) in [7, 11) is 0. The van der Waals surface area contributed by atoms with E-state index < -0.39 is 53.8 Å². The summed E-state index contributed by atoms with van der Waals surface area (Å²) >= 11 is 3.08. The lowest BCUT2D eigenvalue weighted by molar-refractivity contribution is -0.138. The molecule has 0 bridgehead atoms. The second-order valence-electron chi connectivity index (χ2n) is 8.59. The summed E-state index contributed by atoms with van der Waals surface area (Å²) < 4.78 is 69.1. The SMILES string of the molecule is O=C(CCc1cccc(Br)c1F)[C@@H]1C[C@@H](F)CN1C(=O)Cn1cc(C(=O)C(F)(F)F)c2ccccc21. The van der Waals surface area contributed by atoms with Gasteiger partial charge in [0.25, 0.3) is 5.78 Å². The molecule has 1 fully saturated rings. The first-order valence-electron chi connectivity index (χ1n) is 11.1. The minimum Gasteiger partial charge on any atom is -0.337 e. The van der Waals surface area contributed by atoms with Crippen molar-refractivity contribution in [3.63, 3.8) is 0 Å². The van der Waals surface area contributed by atoms with Gasteiger partial charge in [-0.25, -0.2) is 8.78 Å². The molecule has 0 saturated carbocycles. The van der Waals surface area contributed by atoms with Crippen molar-refractivity contribution in [3.8, 4) is 0 Å². The van der Waals surface area contributed by atoms with Crippen LogP contribution in [0.3, 0.4) is 0 Å². The minimum atomic E-state index is -5.10. The normalized spacial score (nSPS) is 18.1. The predicted molar refractivity (Wildman–Crippen MR) is 125 cm³/mol. The first-order valence-corrected chi connectivity index (χ1v) is 11.8. The fourth-order valence-electron chi connectivity index (χ4n) is 4.48. The van der Waals surface area contributed by atoms with Crippen molar-refractivity contribution in [3.05, 3.63) is 70.1 Å². The van der Waals surface area contributed by atoms with E-state index in [9.17, 15) is 36.3 Å². The third-order valence-corrected chi connectivity index (χ3v) is 6.82. The van der Waals surface area contributed by atoms with Crippen LogP contribution in [0.15, 0.2) is 53.1 Å². The van der Waals surface area contributed by atoms with Crippen LogP contribution in [0.25, 0.3) is 10.9 Å². The smallest absolute Gasteiger partial charge is 0.337 e. The molecule has 1 amide bonds. The number of likely N-dealkylation sites (tertiary alicyclic amines) is 1. The molecular formula is C25H20BrF5N2O3. The topological polar surface area (TPSA) is 59.4 Å². The van der Waals surface area contributed by atoms with Gasteiger partial charge in [0.15, 0.2) is 5.78 Å². The molecule has 1 aliphatic heterocycles. The van der Waals surface area contributed by atoms with Gasteiger partial charge in [-0.15, -0.1) is 0 Å². The van der Waals surface area contributed by atoms with Crippen molar-refractivity contribution in [2.75, 3.05) is 6.54 Å². The Morgan fingerprint density at radius 1 is 1.06 bits per heavy atom. The van der Waals surface area contributed by atoms with Gasteiger partial charge in [0.2, 0.25) is 5.91 Å². The molecule has 1 saturated heterocycles. The lowest BCUT2D eigenvalue weighted by Gasteiger charge is -2.24. The number of ketones is 2. The van der Waals surface area contributed by atoms with Crippen molar-refractivity contribution < 1.29 is 36.3 Å². The Balaban J connectivity index is 1.53. The molecule has 2 aromatic carbocycles. The van der Waals surface area contributed by atoms with Gasteiger partial charge in [-0.2, -0.15) is 13.2 Å².